The second-order valence-electron chi connectivity index (χ2n) is 3.24. The van der Waals surface area contributed by atoms with Crippen LogP contribution >= 0.6 is 31.9 Å². The first-order valence-electron chi connectivity index (χ1n) is 4.80. The van der Waals surface area contributed by atoms with Crippen molar-refractivity contribution in [3.8, 4) is 5.75 Å². The Hall–Kier alpha value is -1.20. The van der Waals surface area contributed by atoms with Crippen molar-refractivity contribution in [3.05, 3.63) is 51.0 Å². The predicted molar refractivity (Wildman–Crippen MR) is 75.0 cm³/mol. The van der Waals surface area contributed by atoms with Crippen LogP contribution < -0.4 is 0 Å². The van der Waals surface area contributed by atoms with Gasteiger partial charge in [-0.15, -0.1) is 0 Å². The smallest absolute Gasteiger partial charge is 0.151 e. The molecule has 0 saturated carbocycles. The number of halogens is 2. The highest BCUT2D eigenvalue weighted by atomic mass is 79.9. The SMILES string of the molecule is Oc1c(Br)ccc(Br)c1C=Nc1ccccn1. The number of phenolic OH excluding ortho intramolecular Hbond substituents is 1. The van der Waals surface area contributed by atoms with Gasteiger partial charge in [-0.1, -0.05) is 6.07 Å². The molecule has 1 aromatic carbocycles. The lowest BCUT2D eigenvalue weighted by Gasteiger charge is -2.03. The Bertz CT molecular complexity index is 556. The van der Waals surface area contributed by atoms with Crippen molar-refractivity contribution in [1.82, 2.24) is 4.98 Å². The zero-order valence-corrected chi connectivity index (χ0v) is 11.8. The molecule has 3 nitrogen and oxygen atoms in total. The van der Waals surface area contributed by atoms with Crippen molar-refractivity contribution in [2.45, 2.75) is 0 Å². The van der Waals surface area contributed by atoms with Gasteiger partial charge in [0.2, 0.25) is 0 Å². The number of phenols is 1. The molecule has 0 aliphatic heterocycles. The molecule has 0 aliphatic carbocycles. The highest BCUT2D eigenvalue weighted by Gasteiger charge is 2.07. The molecule has 1 N–H and O–H groups in total. The Labute approximate surface area is 115 Å². The quantitative estimate of drug-likeness (QED) is 0.825. The fourth-order valence-electron chi connectivity index (χ4n) is 1.24. The number of hydrogen-bond donors (Lipinski definition) is 1. The van der Waals surface area contributed by atoms with Gasteiger partial charge in [-0.3, -0.25) is 0 Å². The van der Waals surface area contributed by atoms with Gasteiger partial charge in [0.1, 0.15) is 5.75 Å². The van der Waals surface area contributed by atoms with E-state index in [0.29, 0.717) is 15.9 Å². The van der Waals surface area contributed by atoms with Gasteiger partial charge in [-0.05, 0) is 56.1 Å². The van der Waals surface area contributed by atoms with Gasteiger partial charge in [0.15, 0.2) is 5.82 Å². The molecule has 17 heavy (non-hydrogen) atoms. The van der Waals surface area contributed by atoms with E-state index in [-0.39, 0.29) is 5.75 Å². The second kappa shape index (κ2) is 5.42. The molecule has 0 saturated heterocycles. The minimum absolute atomic E-state index is 0.152. The van der Waals surface area contributed by atoms with E-state index in [4.69, 9.17) is 0 Å². The summed E-state index contributed by atoms with van der Waals surface area (Å²) in [4.78, 5) is 8.26. The van der Waals surface area contributed by atoms with E-state index in [1.54, 1.807) is 24.5 Å². The number of aromatic nitrogens is 1. The molecule has 2 rings (SSSR count). The molecule has 1 aromatic heterocycles. The maximum Gasteiger partial charge on any atom is 0.151 e. The summed E-state index contributed by atoms with van der Waals surface area (Å²) in [7, 11) is 0. The van der Waals surface area contributed by atoms with Crippen LogP contribution in [0.1, 0.15) is 5.56 Å². The van der Waals surface area contributed by atoms with Crippen molar-refractivity contribution in [2.24, 2.45) is 4.99 Å². The van der Waals surface area contributed by atoms with Gasteiger partial charge in [0.05, 0.1) is 10.0 Å². The topological polar surface area (TPSA) is 45.5 Å². The largest absolute Gasteiger partial charge is 0.506 e. The molecule has 2 aromatic rings. The Morgan fingerprint density at radius 1 is 1.12 bits per heavy atom. The van der Waals surface area contributed by atoms with Crippen molar-refractivity contribution in [3.63, 3.8) is 0 Å². The van der Waals surface area contributed by atoms with E-state index in [2.05, 4.69) is 41.8 Å². The fourth-order valence-corrected chi connectivity index (χ4v) is 2.01. The molecule has 0 spiro atoms. The Kier molecular flexibility index (Phi) is 3.91. The maximum absolute atomic E-state index is 9.87. The molecular weight excluding hydrogens is 348 g/mol. The number of benzene rings is 1. The third-order valence-corrected chi connectivity index (χ3v) is 3.42. The first kappa shape index (κ1) is 12.3. The lowest BCUT2D eigenvalue weighted by atomic mass is 10.2. The van der Waals surface area contributed by atoms with Crippen molar-refractivity contribution < 1.29 is 5.11 Å². The Morgan fingerprint density at radius 2 is 1.88 bits per heavy atom. The summed E-state index contributed by atoms with van der Waals surface area (Å²) < 4.78 is 1.40. The zero-order chi connectivity index (χ0) is 12.3. The Morgan fingerprint density at radius 3 is 2.59 bits per heavy atom. The number of nitrogens with zero attached hydrogens (tertiary/aromatic N) is 2. The standard InChI is InChI=1S/C12H8Br2N2O/c13-9-4-5-10(14)12(17)8(9)7-16-11-3-1-2-6-15-11/h1-7,17H. The maximum atomic E-state index is 9.87. The average molecular weight is 356 g/mol. The Balaban J connectivity index is 2.37. The molecule has 0 unspecified atom stereocenters. The number of aromatic hydroxyl groups is 1. The highest BCUT2D eigenvalue weighted by Crippen LogP contribution is 2.32. The molecular formula is C12H8Br2N2O. The van der Waals surface area contributed by atoms with E-state index in [0.717, 1.165) is 4.47 Å². The predicted octanol–water partition coefficient (Wildman–Crippen LogP) is 4.06. The number of pyridine rings is 1. The molecule has 0 fully saturated rings. The van der Waals surface area contributed by atoms with Crippen molar-refractivity contribution in [2.75, 3.05) is 0 Å². The van der Waals surface area contributed by atoms with Gasteiger partial charge in [0, 0.05) is 16.9 Å². The van der Waals surface area contributed by atoms with E-state index in [1.807, 2.05) is 18.2 Å². The monoisotopic (exact) mass is 354 g/mol. The summed E-state index contributed by atoms with van der Waals surface area (Å²) >= 11 is 6.62. The van der Waals surface area contributed by atoms with E-state index in [1.165, 1.54) is 0 Å². The van der Waals surface area contributed by atoms with Crippen LogP contribution in [0.5, 0.6) is 5.75 Å². The van der Waals surface area contributed by atoms with Crippen LogP contribution in [0.25, 0.3) is 0 Å². The zero-order valence-electron chi connectivity index (χ0n) is 8.64. The minimum Gasteiger partial charge on any atom is -0.506 e. The summed E-state index contributed by atoms with van der Waals surface area (Å²) in [5.41, 5.74) is 0.616. The van der Waals surface area contributed by atoms with Crippen LogP contribution in [-0.4, -0.2) is 16.3 Å². The van der Waals surface area contributed by atoms with Crippen LogP contribution in [-0.2, 0) is 0 Å². The summed E-state index contributed by atoms with van der Waals surface area (Å²) in [6, 6.07) is 9.07. The van der Waals surface area contributed by atoms with Crippen LogP contribution in [0.4, 0.5) is 5.82 Å². The lowest BCUT2D eigenvalue weighted by Crippen LogP contribution is -1.86. The van der Waals surface area contributed by atoms with Crippen LogP contribution in [0.2, 0.25) is 0 Å². The third-order valence-electron chi connectivity index (χ3n) is 2.09. The number of hydrogen-bond acceptors (Lipinski definition) is 3. The second-order valence-corrected chi connectivity index (χ2v) is 4.95. The van der Waals surface area contributed by atoms with Crippen molar-refractivity contribution >= 4 is 43.9 Å². The first-order chi connectivity index (χ1) is 8.18. The van der Waals surface area contributed by atoms with Gasteiger partial charge in [0.25, 0.3) is 0 Å². The third kappa shape index (κ3) is 2.92. The van der Waals surface area contributed by atoms with Crippen LogP contribution in [0.3, 0.4) is 0 Å². The molecule has 0 aliphatic rings. The highest BCUT2D eigenvalue weighted by molar-refractivity contribution is 9.11. The molecule has 0 atom stereocenters. The van der Waals surface area contributed by atoms with Crippen molar-refractivity contribution in [1.29, 1.82) is 0 Å². The number of rotatable bonds is 2. The molecule has 0 bridgehead atoms. The average Bonchev–Trinajstić information content (AvgIpc) is 2.35. The number of aliphatic imine (C=N–C) groups is 1. The summed E-state index contributed by atoms with van der Waals surface area (Å²) in [5.74, 6) is 0.748. The normalized spacial score (nSPS) is 10.9. The van der Waals surface area contributed by atoms with E-state index in [9.17, 15) is 5.11 Å². The summed E-state index contributed by atoms with van der Waals surface area (Å²) in [6.45, 7) is 0. The van der Waals surface area contributed by atoms with Gasteiger partial charge in [-0.2, -0.15) is 0 Å². The molecule has 1 heterocycles. The van der Waals surface area contributed by atoms with Crippen LogP contribution in [0, 0.1) is 0 Å². The summed E-state index contributed by atoms with van der Waals surface area (Å²) in [6.07, 6.45) is 3.25. The van der Waals surface area contributed by atoms with Gasteiger partial charge >= 0.3 is 0 Å². The van der Waals surface area contributed by atoms with E-state index >= 15 is 0 Å². The molecule has 5 heteroatoms. The van der Waals surface area contributed by atoms with Gasteiger partial charge in [-0.25, -0.2) is 9.98 Å². The fraction of sp³-hybridized carbons (Fsp3) is 0. The molecule has 0 amide bonds. The van der Waals surface area contributed by atoms with Gasteiger partial charge < -0.3 is 5.11 Å². The molecule has 0 radical (unpaired) electrons. The minimum atomic E-state index is 0.152. The van der Waals surface area contributed by atoms with E-state index < -0.39 is 0 Å². The molecule has 86 valence electrons. The summed E-state index contributed by atoms with van der Waals surface area (Å²) in [5, 5.41) is 9.87. The van der Waals surface area contributed by atoms with Crippen LogP contribution in [0.15, 0.2) is 50.5 Å². The first-order valence-corrected chi connectivity index (χ1v) is 6.39. The lowest BCUT2D eigenvalue weighted by molar-refractivity contribution is 0.470.